The summed E-state index contributed by atoms with van der Waals surface area (Å²) in [7, 11) is 1.36. The summed E-state index contributed by atoms with van der Waals surface area (Å²) < 4.78 is 4.74. The minimum atomic E-state index is -0.515. The molecule has 0 unspecified atom stereocenters. The summed E-state index contributed by atoms with van der Waals surface area (Å²) in [4.78, 5) is 23.6. The number of esters is 1. The Morgan fingerprint density at radius 2 is 1.95 bits per heavy atom. The average Bonchev–Trinajstić information content (AvgIpc) is 2.37. The molecule has 0 saturated carbocycles. The molecule has 1 amide bonds. The first-order valence-electron chi connectivity index (χ1n) is 7.10. The van der Waals surface area contributed by atoms with Crippen LogP contribution in [-0.4, -0.2) is 38.1 Å². The van der Waals surface area contributed by atoms with E-state index in [0.29, 0.717) is 24.7 Å². The second kappa shape index (κ2) is 8.15. The van der Waals surface area contributed by atoms with Crippen molar-refractivity contribution in [1.29, 1.82) is 0 Å². The van der Waals surface area contributed by atoms with Crippen LogP contribution >= 0.6 is 0 Å². The van der Waals surface area contributed by atoms with Gasteiger partial charge in [0.25, 0.3) is 0 Å². The third-order valence-corrected chi connectivity index (χ3v) is 3.46. The lowest BCUT2D eigenvalue weighted by Crippen LogP contribution is -2.43. The first-order valence-corrected chi connectivity index (χ1v) is 7.10. The molecule has 5 heteroatoms. The van der Waals surface area contributed by atoms with Crippen LogP contribution in [0, 0.1) is 11.8 Å². The van der Waals surface area contributed by atoms with Crippen LogP contribution < -0.4 is 10.6 Å². The highest BCUT2D eigenvalue weighted by atomic mass is 16.5. The summed E-state index contributed by atoms with van der Waals surface area (Å²) in [6, 6.07) is -0.515. The van der Waals surface area contributed by atoms with E-state index in [-0.39, 0.29) is 11.9 Å². The van der Waals surface area contributed by atoms with Crippen molar-refractivity contribution in [3.05, 3.63) is 0 Å². The molecule has 2 N–H and O–H groups in total. The Bertz CT molecular complexity index is 299. The van der Waals surface area contributed by atoms with E-state index in [1.807, 2.05) is 13.8 Å². The number of carbonyl (C=O) groups excluding carboxylic acids is 2. The third-order valence-electron chi connectivity index (χ3n) is 3.46. The van der Waals surface area contributed by atoms with Gasteiger partial charge in [-0.05, 0) is 44.2 Å². The quantitative estimate of drug-likeness (QED) is 0.709. The van der Waals surface area contributed by atoms with Gasteiger partial charge in [-0.1, -0.05) is 13.8 Å². The number of rotatable bonds is 6. The van der Waals surface area contributed by atoms with E-state index < -0.39 is 6.04 Å². The number of ether oxygens (including phenoxy) is 1. The number of hydrogen-bond donors (Lipinski definition) is 2. The fourth-order valence-corrected chi connectivity index (χ4v) is 2.43. The maximum atomic E-state index is 12.0. The van der Waals surface area contributed by atoms with Gasteiger partial charge in [0.15, 0.2) is 0 Å². The zero-order chi connectivity index (χ0) is 14.3. The maximum Gasteiger partial charge on any atom is 0.328 e. The number of amides is 1. The van der Waals surface area contributed by atoms with Crippen molar-refractivity contribution >= 4 is 11.9 Å². The van der Waals surface area contributed by atoms with E-state index in [1.54, 1.807) is 0 Å². The summed E-state index contributed by atoms with van der Waals surface area (Å²) in [5, 5.41) is 6.09. The number of hydrogen-bond acceptors (Lipinski definition) is 4. The number of methoxy groups -OCH3 is 1. The van der Waals surface area contributed by atoms with Gasteiger partial charge < -0.3 is 15.4 Å². The van der Waals surface area contributed by atoms with Crippen molar-refractivity contribution in [3.63, 3.8) is 0 Å². The number of piperidine rings is 1. The van der Waals surface area contributed by atoms with Crippen molar-refractivity contribution in [3.8, 4) is 0 Å². The van der Waals surface area contributed by atoms with Crippen LogP contribution in [0.25, 0.3) is 0 Å². The van der Waals surface area contributed by atoms with Gasteiger partial charge in [0.05, 0.1) is 7.11 Å². The van der Waals surface area contributed by atoms with Crippen molar-refractivity contribution in [2.45, 2.75) is 45.6 Å². The topological polar surface area (TPSA) is 67.4 Å². The highest BCUT2D eigenvalue weighted by molar-refractivity contribution is 5.84. The summed E-state index contributed by atoms with van der Waals surface area (Å²) in [6.45, 7) is 6.00. The number of carbonyl (C=O) groups is 2. The SMILES string of the molecule is COC(=O)[C@H](CC(C)C)NC(=O)CC1CCNCC1. The smallest absolute Gasteiger partial charge is 0.328 e. The Morgan fingerprint density at radius 1 is 1.32 bits per heavy atom. The Kier molecular flexibility index (Phi) is 6.84. The van der Waals surface area contributed by atoms with Crippen LogP contribution in [-0.2, 0) is 14.3 Å². The largest absolute Gasteiger partial charge is 0.467 e. The molecular formula is C14H26N2O3. The zero-order valence-corrected chi connectivity index (χ0v) is 12.2. The molecule has 1 atom stereocenters. The maximum absolute atomic E-state index is 12.0. The monoisotopic (exact) mass is 270 g/mol. The van der Waals surface area contributed by atoms with Crippen LogP contribution in [0.2, 0.25) is 0 Å². The van der Waals surface area contributed by atoms with Gasteiger partial charge in [-0.25, -0.2) is 4.79 Å². The highest BCUT2D eigenvalue weighted by Gasteiger charge is 2.24. The molecule has 1 heterocycles. The van der Waals surface area contributed by atoms with E-state index in [2.05, 4.69) is 10.6 Å². The average molecular weight is 270 g/mol. The van der Waals surface area contributed by atoms with Gasteiger partial charge in [0.2, 0.25) is 5.91 Å². The normalized spacial score (nSPS) is 18.1. The minimum Gasteiger partial charge on any atom is -0.467 e. The second-order valence-corrected chi connectivity index (χ2v) is 5.67. The van der Waals surface area contributed by atoms with Gasteiger partial charge in [0, 0.05) is 6.42 Å². The lowest BCUT2D eigenvalue weighted by atomic mass is 9.94. The molecule has 110 valence electrons. The van der Waals surface area contributed by atoms with E-state index in [1.165, 1.54) is 7.11 Å². The van der Waals surface area contributed by atoms with E-state index in [4.69, 9.17) is 4.74 Å². The van der Waals surface area contributed by atoms with Crippen LogP contribution in [0.5, 0.6) is 0 Å². The van der Waals surface area contributed by atoms with Gasteiger partial charge in [-0.3, -0.25) is 4.79 Å². The highest BCUT2D eigenvalue weighted by Crippen LogP contribution is 2.16. The minimum absolute atomic E-state index is 0.0389. The molecule has 1 saturated heterocycles. The molecule has 0 bridgehead atoms. The molecule has 1 aliphatic heterocycles. The molecule has 0 aliphatic carbocycles. The van der Waals surface area contributed by atoms with E-state index >= 15 is 0 Å². The molecule has 19 heavy (non-hydrogen) atoms. The van der Waals surface area contributed by atoms with Crippen LogP contribution in [0.4, 0.5) is 0 Å². The lowest BCUT2D eigenvalue weighted by molar-refractivity contribution is -0.145. The zero-order valence-electron chi connectivity index (χ0n) is 12.2. The molecule has 1 rings (SSSR count). The van der Waals surface area contributed by atoms with Crippen molar-refractivity contribution in [2.24, 2.45) is 11.8 Å². The fraction of sp³-hybridized carbons (Fsp3) is 0.857. The van der Waals surface area contributed by atoms with Crippen molar-refractivity contribution in [1.82, 2.24) is 10.6 Å². The summed E-state index contributed by atoms with van der Waals surface area (Å²) in [6.07, 6.45) is 3.18. The molecular weight excluding hydrogens is 244 g/mol. The summed E-state index contributed by atoms with van der Waals surface area (Å²) in [5.41, 5.74) is 0. The van der Waals surface area contributed by atoms with Crippen LogP contribution in [0.1, 0.15) is 39.5 Å². The Balaban J connectivity index is 2.43. The third kappa shape index (κ3) is 6.05. The fourth-order valence-electron chi connectivity index (χ4n) is 2.43. The molecule has 0 aromatic rings. The predicted octanol–water partition coefficient (Wildman–Crippen LogP) is 1.08. The molecule has 0 aromatic carbocycles. The first-order chi connectivity index (χ1) is 9.02. The Hall–Kier alpha value is -1.10. The van der Waals surface area contributed by atoms with Crippen molar-refractivity contribution < 1.29 is 14.3 Å². The summed E-state index contributed by atoms with van der Waals surface area (Å²) in [5.74, 6) is 0.372. The van der Waals surface area contributed by atoms with E-state index in [9.17, 15) is 9.59 Å². The van der Waals surface area contributed by atoms with Gasteiger partial charge in [0.1, 0.15) is 6.04 Å². The van der Waals surface area contributed by atoms with Gasteiger partial charge in [-0.2, -0.15) is 0 Å². The first kappa shape index (κ1) is 16.0. The van der Waals surface area contributed by atoms with Gasteiger partial charge >= 0.3 is 5.97 Å². The molecule has 1 fully saturated rings. The van der Waals surface area contributed by atoms with Crippen LogP contribution in [0.3, 0.4) is 0 Å². The second-order valence-electron chi connectivity index (χ2n) is 5.67. The molecule has 5 nitrogen and oxygen atoms in total. The Morgan fingerprint density at radius 3 is 2.47 bits per heavy atom. The molecule has 1 aliphatic rings. The standard InChI is InChI=1S/C14H26N2O3/c1-10(2)8-12(14(18)19-3)16-13(17)9-11-4-6-15-7-5-11/h10-12,15H,4-9H2,1-3H3,(H,16,17)/t12-/m0/s1. The molecule has 0 radical (unpaired) electrons. The summed E-state index contributed by atoms with van der Waals surface area (Å²) >= 11 is 0. The number of nitrogens with one attached hydrogen (secondary N) is 2. The molecule has 0 spiro atoms. The Labute approximate surface area is 115 Å². The van der Waals surface area contributed by atoms with Gasteiger partial charge in [-0.15, -0.1) is 0 Å². The van der Waals surface area contributed by atoms with Crippen LogP contribution in [0.15, 0.2) is 0 Å². The predicted molar refractivity (Wildman–Crippen MR) is 73.6 cm³/mol. The molecule has 0 aromatic heterocycles. The van der Waals surface area contributed by atoms with Crippen molar-refractivity contribution in [2.75, 3.05) is 20.2 Å². The lowest BCUT2D eigenvalue weighted by Gasteiger charge is -2.23. The van der Waals surface area contributed by atoms with E-state index in [0.717, 1.165) is 25.9 Å².